The molecule has 0 saturated carbocycles. The Morgan fingerprint density at radius 1 is 0.400 bits per heavy atom. The van der Waals surface area contributed by atoms with Gasteiger partial charge in [0.2, 0.25) is 5.91 Å². The number of allylic oxidation sites excluding steroid dienone is 5. The quantitative estimate of drug-likeness (QED) is 0.0422. The second-order valence-electron chi connectivity index (χ2n) is 18.7. The molecule has 1 amide bonds. The Bertz CT molecular complexity index is 912. The van der Waals surface area contributed by atoms with E-state index in [9.17, 15) is 15.0 Å². The predicted octanol–water partition coefficient (Wildman–Crippen LogP) is 17.7. The third kappa shape index (κ3) is 47.7. The smallest absolute Gasteiger partial charge is 0.220 e. The Kier molecular flexibility index (Phi) is 50.8. The fourth-order valence-electron chi connectivity index (χ4n) is 8.45. The van der Waals surface area contributed by atoms with Gasteiger partial charge in [-0.1, -0.05) is 275 Å². The molecule has 0 aromatic heterocycles. The standard InChI is InChI=1S/C56H107NO3/c1-3-5-7-9-11-13-15-17-19-21-23-25-27-28-30-32-34-36-38-40-42-44-46-48-50-52-56(60)57-54(53-58)55(59)51-49-47-45-43-41-39-37-35-33-31-29-26-24-22-20-18-16-14-12-10-8-6-4-2/h15,17,21,23,49,51,54-55,58-59H,3-14,16,18-20,22,24-48,50,52-53H2,1-2H3,(H,57,60)/b17-15-,23-21-,51-49+. The summed E-state index contributed by atoms with van der Waals surface area (Å²) >= 11 is 0. The number of carbonyl (C=O) groups is 1. The molecular formula is C56H107NO3. The summed E-state index contributed by atoms with van der Waals surface area (Å²) in [5.74, 6) is -0.0613. The van der Waals surface area contributed by atoms with Gasteiger partial charge >= 0.3 is 0 Å². The lowest BCUT2D eigenvalue weighted by Gasteiger charge is -2.20. The molecule has 2 atom stereocenters. The highest BCUT2D eigenvalue weighted by molar-refractivity contribution is 5.76. The Hall–Kier alpha value is -1.39. The van der Waals surface area contributed by atoms with Crippen LogP contribution in [-0.4, -0.2) is 34.9 Å². The number of nitrogens with one attached hydrogen (secondary N) is 1. The first kappa shape index (κ1) is 58.6. The molecule has 2 unspecified atom stereocenters. The summed E-state index contributed by atoms with van der Waals surface area (Å²) in [6.07, 6.45) is 70.1. The van der Waals surface area contributed by atoms with Crippen LogP contribution < -0.4 is 5.32 Å². The van der Waals surface area contributed by atoms with Gasteiger partial charge in [-0.25, -0.2) is 0 Å². The molecule has 60 heavy (non-hydrogen) atoms. The first-order valence-corrected chi connectivity index (χ1v) is 27.2. The van der Waals surface area contributed by atoms with Crippen LogP contribution in [0, 0.1) is 0 Å². The zero-order valence-electron chi connectivity index (χ0n) is 40.7. The highest BCUT2D eigenvalue weighted by atomic mass is 16.3. The number of carbonyl (C=O) groups excluding carboxylic acids is 1. The van der Waals surface area contributed by atoms with Crippen molar-refractivity contribution < 1.29 is 15.0 Å². The van der Waals surface area contributed by atoms with Crippen molar-refractivity contribution in [3.63, 3.8) is 0 Å². The molecule has 0 aliphatic carbocycles. The van der Waals surface area contributed by atoms with Crippen molar-refractivity contribution in [2.45, 2.75) is 309 Å². The van der Waals surface area contributed by atoms with Crippen molar-refractivity contribution in [2.75, 3.05) is 6.61 Å². The molecular weight excluding hydrogens is 735 g/mol. The van der Waals surface area contributed by atoms with Crippen LogP contribution in [0.1, 0.15) is 296 Å². The van der Waals surface area contributed by atoms with Gasteiger partial charge in [0.25, 0.3) is 0 Å². The first-order chi connectivity index (χ1) is 29.7. The van der Waals surface area contributed by atoms with Gasteiger partial charge in [0, 0.05) is 6.42 Å². The van der Waals surface area contributed by atoms with E-state index in [1.165, 1.54) is 244 Å². The van der Waals surface area contributed by atoms with Crippen LogP contribution in [0.25, 0.3) is 0 Å². The van der Waals surface area contributed by atoms with Crippen LogP contribution in [0.4, 0.5) is 0 Å². The van der Waals surface area contributed by atoms with Gasteiger partial charge in [-0.2, -0.15) is 0 Å². The SMILES string of the molecule is CCCCCCC/C=C\C/C=C\CCCCCCCCCCCCCCCC(=O)NC(CO)C(O)/C=C/CCCCCCCCCCCCCCCCCCCCCCC. The van der Waals surface area contributed by atoms with Crippen LogP contribution in [0.2, 0.25) is 0 Å². The van der Waals surface area contributed by atoms with Crippen LogP contribution in [-0.2, 0) is 4.79 Å². The normalized spacial score (nSPS) is 13.1. The van der Waals surface area contributed by atoms with E-state index in [1.54, 1.807) is 6.08 Å². The van der Waals surface area contributed by atoms with Crippen LogP contribution in [0.15, 0.2) is 36.5 Å². The monoisotopic (exact) mass is 842 g/mol. The molecule has 4 nitrogen and oxygen atoms in total. The molecule has 0 aliphatic heterocycles. The molecule has 0 aromatic rings. The minimum absolute atomic E-state index is 0.0613. The van der Waals surface area contributed by atoms with Gasteiger partial charge < -0.3 is 15.5 Å². The lowest BCUT2D eigenvalue weighted by Crippen LogP contribution is -2.45. The van der Waals surface area contributed by atoms with E-state index in [4.69, 9.17) is 0 Å². The number of rotatable bonds is 50. The molecule has 0 spiro atoms. The second-order valence-corrected chi connectivity index (χ2v) is 18.7. The fraction of sp³-hybridized carbons (Fsp3) is 0.875. The van der Waals surface area contributed by atoms with Crippen molar-refractivity contribution in [1.82, 2.24) is 5.32 Å². The average molecular weight is 842 g/mol. The Morgan fingerprint density at radius 3 is 1.00 bits per heavy atom. The van der Waals surface area contributed by atoms with Gasteiger partial charge in [-0.05, 0) is 51.4 Å². The van der Waals surface area contributed by atoms with Gasteiger partial charge in [0.1, 0.15) is 0 Å². The zero-order chi connectivity index (χ0) is 43.5. The summed E-state index contributed by atoms with van der Waals surface area (Å²) in [4.78, 5) is 12.5. The molecule has 354 valence electrons. The third-order valence-electron chi connectivity index (χ3n) is 12.6. The predicted molar refractivity (Wildman–Crippen MR) is 267 cm³/mol. The maximum Gasteiger partial charge on any atom is 0.220 e. The fourth-order valence-corrected chi connectivity index (χ4v) is 8.45. The van der Waals surface area contributed by atoms with E-state index < -0.39 is 12.1 Å². The maximum absolute atomic E-state index is 12.5. The summed E-state index contributed by atoms with van der Waals surface area (Å²) in [5, 5.41) is 23.2. The van der Waals surface area contributed by atoms with Crippen LogP contribution in [0.5, 0.6) is 0 Å². The van der Waals surface area contributed by atoms with E-state index in [2.05, 4.69) is 43.5 Å². The number of amides is 1. The lowest BCUT2D eigenvalue weighted by atomic mass is 10.0. The Labute approximate surface area is 376 Å². The highest BCUT2D eigenvalue weighted by Crippen LogP contribution is 2.17. The molecule has 3 N–H and O–H groups in total. The number of aliphatic hydroxyl groups excluding tert-OH is 2. The molecule has 0 fully saturated rings. The molecule has 0 rings (SSSR count). The first-order valence-electron chi connectivity index (χ1n) is 27.2. The summed E-state index contributed by atoms with van der Waals surface area (Å²) < 4.78 is 0. The summed E-state index contributed by atoms with van der Waals surface area (Å²) in [6.45, 7) is 4.33. The van der Waals surface area contributed by atoms with E-state index in [-0.39, 0.29) is 12.5 Å². The molecule has 4 heteroatoms. The number of hydrogen-bond donors (Lipinski definition) is 3. The van der Waals surface area contributed by atoms with Crippen LogP contribution in [0.3, 0.4) is 0 Å². The van der Waals surface area contributed by atoms with Crippen molar-refractivity contribution >= 4 is 5.91 Å². The van der Waals surface area contributed by atoms with E-state index in [0.29, 0.717) is 6.42 Å². The maximum atomic E-state index is 12.5. The number of aliphatic hydroxyl groups is 2. The number of hydrogen-bond acceptors (Lipinski definition) is 3. The van der Waals surface area contributed by atoms with Crippen LogP contribution >= 0.6 is 0 Å². The van der Waals surface area contributed by atoms with Crippen molar-refractivity contribution in [1.29, 1.82) is 0 Å². The second kappa shape index (κ2) is 52.0. The topological polar surface area (TPSA) is 69.6 Å². The van der Waals surface area contributed by atoms with E-state index in [1.807, 2.05) is 6.08 Å². The zero-order valence-corrected chi connectivity index (χ0v) is 40.7. The molecule has 0 aromatic carbocycles. The summed E-state index contributed by atoms with van der Waals surface area (Å²) in [5.41, 5.74) is 0. The molecule has 0 heterocycles. The Morgan fingerprint density at radius 2 is 0.683 bits per heavy atom. The van der Waals surface area contributed by atoms with Gasteiger partial charge in [0.05, 0.1) is 18.8 Å². The van der Waals surface area contributed by atoms with E-state index >= 15 is 0 Å². The number of unbranched alkanes of at least 4 members (excludes halogenated alkanes) is 39. The summed E-state index contributed by atoms with van der Waals surface area (Å²) in [7, 11) is 0. The molecule has 0 radical (unpaired) electrons. The molecule has 0 saturated heterocycles. The molecule has 0 aliphatic rings. The minimum Gasteiger partial charge on any atom is -0.394 e. The van der Waals surface area contributed by atoms with E-state index in [0.717, 1.165) is 32.1 Å². The molecule has 0 bridgehead atoms. The van der Waals surface area contributed by atoms with Gasteiger partial charge in [-0.15, -0.1) is 0 Å². The van der Waals surface area contributed by atoms with Crippen molar-refractivity contribution in [3.05, 3.63) is 36.5 Å². The minimum atomic E-state index is -0.839. The average Bonchev–Trinajstić information content (AvgIpc) is 3.25. The highest BCUT2D eigenvalue weighted by Gasteiger charge is 2.18. The third-order valence-corrected chi connectivity index (χ3v) is 12.6. The summed E-state index contributed by atoms with van der Waals surface area (Å²) in [6, 6.07) is -0.623. The van der Waals surface area contributed by atoms with Gasteiger partial charge in [0.15, 0.2) is 0 Å². The van der Waals surface area contributed by atoms with Gasteiger partial charge in [-0.3, -0.25) is 4.79 Å². The largest absolute Gasteiger partial charge is 0.394 e. The van der Waals surface area contributed by atoms with Crippen molar-refractivity contribution in [3.8, 4) is 0 Å². The van der Waals surface area contributed by atoms with Crippen molar-refractivity contribution in [2.24, 2.45) is 0 Å². The lowest BCUT2D eigenvalue weighted by molar-refractivity contribution is -0.123. The Balaban J connectivity index is 3.50.